The largest absolute Gasteiger partial charge is 0.454 e. The number of para-hydroxylation sites is 1. The number of aliphatic imine (C=N–C) groups is 1. The molecule has 1 atom stereocenters. The van der Waals surface area contributed by atoms with Gasteiger partial charge in [0.1, 0.15) is 5.82 Å². The second kappa shape index (κ2) is 7.92. The molecule has 1 unspecified atom stereocenters. The van der Waals surface area contributed by atoms with Gasteiger partial charge in [0.05, 0.1) is 5.02 Å². The third-order valence-corrected chi connectivity index (χ3v) is 5.01. The number of nitrogens with one attached hydrogen (secondary N) is 2. The van der Waals surface area contributed by atoms with Gasteiger partial charge in [-0.25, -0.2) is 4.98 Å². The van der Waals surface area contributed by atoms with Crippen molar-refractivity contribution < 1.29 is 9.47 Å². The van der Waals surface area contributed by atoms with Gasteiger partial charge in [-0.05, 0) is 24.6 Å². The first-order valence-corrected chi connectivity index (χ1v) is 9.32. The molecule has 1 fully saturated rings. The molecule has 8 heteroatoms. The third-order valence-electron chi connectivity index (χ3n) is 4.72. The molecule has 2 N–H and O–H groups in total. The Morgan fingerprint density at radius 2 is 2.26 bits per heavy atom. The van der Waals surface area contributed by atoms with Crippen LogP contribution in [-0.2, 0) is 6.54 Å². The van der Waals surface area contributed by atoms with Crippen LogP contribution in [0, 0.1) is 0 Å². The molecule has 0 spiro atoms. The highest BCUT2D eigenvalue weighted by atomic mass is 35.5. The van der Waals surface area contributed by atoms with Crippen LogP contribution in [0.5, 0.6) is 11.5 Å². The number of guanidine groups is 1. The zero-order chi connectivity index (χ0) is 18.6. The van der Waals surface area contributed by atoms with Crippen molar-refractivity contribution in [3.8, 4) is 11.5 Å². The summed E-state index contributed by atoms with van der Waals surface area (Å²) in [6.07, 6.45) is 2.76. The summed E-state index contributed by atoms with van der Waals surface area (Å²) in [7, 11) is 1.77. The summed E-state index contributed by atoms with van der Waals surface area (Å²) in [6, 6.07) is 9.89. The topological polar surface area (TPSA) is 71.0 Å². The maximum atomic E-state index is 6.27. The molecule has 3 heterocycles. The smallest absolute Gasteiger partial charge is 0.231 e. The van der Waals surface area contributed by atoms with Crippen molar-refractivity contribution in [2.75, 3.05) is 31.8 Å². The number of halogens is 1. The van der Waals surface area contributed by atoms with E-state index in [-0.39, 0.29) is 12.8 Å². The fourth-order valence-corrected chi connectivity index (χ4v) is 3.62. The van der Waals surface area contributed by atoms with E-state index in [9.17, 15) is 0 Å². The molecule has 0 radical (unpaired) electrons. The summed E-state index contributed by atoms with van der Waals surface area (Å²) in [5.74, 6) is 3.18. The van der Waals surface area contributed by atoms with E-state index >= 15 is 0 Å². The first-order valence-electron chi connectivity index (χ1n) is 8.94. The first kappa shape index (κ1) is 17.7. The summed E-state index contributed by atoms with van der Waals surface area (Å²) in [4.78, 5) is 10.9. The summed E-state index contributed by atoms with van der Waals surface area (Å²) in [6.45, 7) is 2.61. The minimum Gasteiger partial charge on any atom is -0.454 e. The van der Waals surface area contributed by atoms with Gasteiger partial charge >= 0.3 is 0 Å². The zero-order valence-corrected chi connectivity index (χ0v) is 15.9. The summed E-state index contributed by atoms with van der Waals surface area (Å²) < 4.78 is 11.0. The Labute approximate surface area is 163 Å². The lowest BCUT2D eigenvalue weighted by atomic mass is 10.2. The average Bonchev–Trinajstić information content (AvgIpc) is 3.35. The average molecular weight is 388 g/mol. The number of fused-ring (bicyclic) bond motifs is 1. The van der Waals surface area contributed by atoms with Crippen LogP contribution >= 0.6 is 11.6 Å². The molecule has 2 aliphatic heterocycles. The highest BCUT2D eigenvalue weighted by molar-refractivity contribution is 6.32. The standard InChI is InChI=1S/C19H22ClN5O2/c1-21-19(23-10-13-4-2-6-16-17(13)27-12-26-16)24-14-7-9-25(11-14)18-15(20)5-3-8-22-18/h2-6,8,14H,7,9-12H2,1H3,(H2,21,23,24). The molecule has 142 valence electrons. The molecule has 2 aliphatic rings. The Morgan fingerprint density at radius 1 is 1.33 bits per heavy atom. The number of hydrogen-bond acceptors (Lipinski definition) is 5. The van der Waals surface area contributed by atoms with Crippen LogP contribution in [0.2, 0.25) is 5.02 Å². The minimum atomic E-state index is 0.271. The maximum Gasteiger partial charge on any atom is 0.231 e. The van der Waals surface area contributed by atoms with E-state index < -0.39 is 0 Å². The van der Waals surface area contributed by atoms with Crippen molar-refractivity contribution in [1.82, 2.24) is 15.6 Å². The summed E-state index contributed by atoms with van der Waals surface area (Å²) in [5.41, 5.74) is 1.04. The predicted molar refractivity (Wildman–Crippen MR) is 106 cm³/mol. The van der Waals surface area contributed by atoms with E-state index in [1.807, 2.05) is 30.3 Å². The molecule has 0 amide bonds. The molecule has 27 heavy (non-hydrogen) atoms. The van der Waals surface area contributed by atoms with Crippen LogP contribution in [0.4, 0.5) is 5.82 Å². The van der Waals surface area contributed by atoms with E-state index in [2.05, 4.69) is 25.5 Å². The quantitative estimate of drug-likeness (QED) is 0.620. The van der Waals surface area contributed by atoms with Crippen molar-refractivity contribution in [1.29, 1.82) is 0 Å². The lowest BCUT2D eigenvalue weighted by molar-refractivity contribution is 0.173. The second-order valence-corrected chi connectivity index (χ2v) is 6.87. The lowest BCUT2D eigenvalue weighted by Crippen LogP contribution is -2.44. The Balaban J connectivity index is 1.34. The Kier molecular flexibility index (Phi) is 5.20. The molecule has 0 aliphatic carbocycles. The highest BCUT2D eigenvalue weighted by Crippen LogP contribution is 2.35. The number of anilines is 1. The van der Waals surface area contributed by atoms with Crippen molar-refractivity contribution in [3.05, 3.63) is 47.1 Å². The molecule has 1 saturated heterocycles. The van der Waals surface area contributed by atoms with E-state index in [1.54, 1.807) is 13.2 Å². The number of hydrogen-bond donors (Lipinski definition) is 2. The summed E-state index contributed by atoms with van der Waals surface area (Å²) in [5, 5.41) is 7.51. The molecule has 1 aromatic carbocycles. The summed E-state index contributed by atoms with van der Waals surface area (Å²) >= 11 is 6.27. The first-order chi connectivity index (χ1) is 13.2. The highest BCUT2D eigenvalue weighted by Gasteiger charge is 2.25. The van der Waals surface area contributed by atoms with Gasteiger partial charge in [0.15, 0.2) is 17.5 Å². The van der Waals surface area contributed by atoms with Crippen LogP contribution in [0.25, 0.3) is 0 Å². The number of nitrogens with zero attached hydrogens (tertiary/aromatic N) is 3. The molecule has 0 saturated carbocycles. The van der Waals surface area contributed by atoms with Crippen molar-refractivity contribution in [3.63, 3.8) is 0 Å². The van der Waals surface area contributed by atoms with Crippen LogP contribution in [-0.4, -0.2) is 43.9 Å². The van der Waals surface area contributed by atoms with Crippen molar-refractivity contribution >= 4 is 23.4 Å². The molecular formula is C19H22ClN5O2. The fourth-order valence-electron chi connectivity index (χ4n) is 3.38. The lowest BCUT2D eigenvalue weighted by Gasteiger charge is -2.20. The number of pyridine rings is 1. The van der Waals surface area contributed by atoms with Crippen molar-refractivity contribution in [2.45, 2.75) is 19.0 Å². The minimum absolute atomic E-state index is 0.271. The van der Waals surface area contributed by atoms with Gasteiger partial charge in [0.25, 0.3) is 0 Å². The normalized spacial score (nSPS) is 18.7. The number of rotatable bonds is 4. The maximum absolute atomic E-state index is 6.27. The predicted octanol–water partition coefficient (Wildman–Crippen LogP) is 2.41. The van der Waals surface area contributed by atoms with E-state index in [1.165, 1.54) is 0 Å². The van der Waals surface area contributed by atoms with Crippen LogP contribution in [0.15, 0.2) is 41.5 Å². The van der Waals surface area contributed by atoms with Gasteiger partial charge < -0.3 is 25.0 Å². The SMILES string of the molecule is CN=C(NCc1cccc2c1OCO2)NC1CCN(c2ncccc2Cl)C1. The van der Waals surface area contributed by atoms with Crippen LogP contribution in [0.1, 0.15) is 12.0 Å². The van der Waals surface area contributed by atoms with Crippen molar-refractivity contribution in [2.24, 2.45) is 4.99 Å². The van der Waals surface area contributed by atoms with E-state index in [0.717, 1.165) is 48.4 Å². The molecule has 1 aromatic heterocycles. The van der Waals surface area contributed by atoms with Crippen LogP contribution in [0.3, 0.4) is 0 Å². The number of aromatic nitrogens is 1. The zero-order valence-electron chi connectivity index (χ0n) is 15.1. The Hall–Kier alpha value is -2.67. The molecular weight excluding hydrogens is 366 g/mol. The Bertz CT molecular complexity index is 845. The molecule has 0 bridgehead atoms. The Morgan fingerprint density at radius 3 is 3.11 bits per heavy atom. The monoisotopic (exact) mass is 387 g/mol. The molecule has 7 nitrogen and oxygen atoms in total. The molecule has 4 rings (SSSR count). The van der Waals surface area contributed by atoms with Gasteiger partial charge in [0.2, 0.25) is 6.79 Å². The van der Waals surface area contributed by atoms with E-state index in [4.69, 9.17) is 21.1 Å². The number of benzene rings is 1. The molecule has 2 aromatic rings. The van der Waals surface area contributed by atoms with E-state index in [0.29, 0.717) is 11.6 Å². The van der Waals surface area contributed by atoms with Gasteiger partial charge in [-0.2, -0.15) is 0 Å². The fraction of sp³-hybridized carbons (Fsp3) is 0.368. The van der Waals surface area contributed by atoms with Gasteiger partial charge in [0, 0.05) is 44.5 Å². The second-order valence-electron chi connectivity index (χ2n) is 6.46. The van der Waals surface area contributed by atoms with Gasteiger partial charge in [-0.15, -0.1) is 0 Å². The number of ether oxygens (including phenoxy) is 2. The third kappa shape index (κ3) is 3.88. The van der Waals surface area contributed by atoms with Gasteiger partial charge in [-0.1, -0.05) is 23.7 Å². The van der Waals surface area contributed by atoms with Crippen LogP contribution < -0.4 is 25.0 Å². The van der Waals surface area contributed by atoms with Gasteiger partial charge in [-0.3, -0.25) is 4.99 Å².